The SMILES string of the molecule is CC(C)(CN)NS(=O)(=O)C=Cc1ccccc1. The van der Waals surface area contributed by atoms with Gasteiger partial charge in [-0.05, 0) is 25.5 Å². The van der Waals surface area contributed by atoms with Crippen LogP contribution < -0.4 is 10.5 Å². The predicted octanol–water partition coefficient (Wildman–Crippen LogP) is 1.31. The van der Waals surface area contributed by atoms with E-state index >= 15 is 0 Å². The van der Waals surface area contributed by atoms with Crippen LogP contribution in [0.1, 0.15) is 19.4 Å². The quantitative estimate of drug-likeness (QED) is 0.832. The lowest BCUT2D eigenvalue weighted by Gasteiger charge is -2.22. The normalized spacial score (nSPS) is 13.1. The maximum atomic E-state index is 11.7. The first kappa shape index (κ1) is 13.9. The molecule has 4 nitrogen and oxygen atoms in total. The highest BCUT2D eigenvalue weighted by Gasteiger charge is 2.21. The van der Waals surface area contributed by atoms with Crippen LogP contribution in [0.2, 0.25) is 0 Å². The summed E-state index contributed by atoms with van der Waals surface area (Å²) in [6, 6.07) is 9.24. The van der Waals surface area contributed by atoms with Crippen molar-refractivity contribution in [1.29, 1.82) is 0 Å². The van der Waals surface area contributed by atoms with Crippen molar-refractivity contribution in [2.75, 3.05) is 6.54 Å². The molecule has 0 radical (unpaired) electrons. The topological polar surface area (TPSA) is 72.2 Å². The molecule has 5 heteroatoms. The summed E-state index contributed by atoms with van der Waals surface area (Å²) in [4.78, 5) is 0. The van der Waals surface area contributed by atoms with Crippen molar-refractivity contribution in [3.63, 3.8) is 0 Å². The highest BCUT2D eigenvalue weighted by Crippen LogP contribution is 2.06. The van der Waals surface area contributed by atoms with Crippen LogP contribution in [0, 0.1) is 0 Å². The minimum atomic E-state index is -3.46. The zero-order valence-electron chi connectivity index (χ0n) is 10.1. The molecule has 0 fully saturated rings. The van der Waals surface area contributed by atoms with Crippen molar-refractivity contribution in [2.24, 2.45) is 5.73 Å². The van der Waals surface area contributed by atoms with Crippen LogP contribution in [0.25, 0.3) is 6.08 Å². The molecule has 0 amide bonds. The summed E-state index contributed by atoms with van der Waals surface area (Å²) >= 11 is 0. The second kappa shape index (κ2) is 5.44. The fourth-order valence-electron chi connectivity index (χ4n) is 1.19. The van der Waals surface area contributed by atoms with Gasteiger partial charge in [0.25, 0.3) is 0 Å². The second-order valence-corrected chi connectivity index (χ2v) is 6.01. The van der Waals surface area contributed by atoms with Gasteiger partial charge in [0.2, 0.25) is 10.0 Å². The van der Waals surface area contributed by atoms with Gasteiger partial charge in [0.1, 0.15) is 0 Å². The highest BCUT2D eigenvalue weighted by molar-refractivity contribution is 7.92. The van der Waals surface area contributed by atoms with Crippen LogP contribution in [-0.2, 0) is 10.0 Å². The molecule has 1 aromatic rings. The Morgan fingerprint density at radius 3 is 2.41 bits per heavy atom. The van der Waals surface area contributed by atoms with Gasteiger partial charge in [-0.15, -0.1) is 0 Å². The molecule has 0 unspecified atom stereocenters. The van der Waals surface area contributed by atoms with Crippen molar-refractivity contribution in [3.8, 4) is 0 Å². The summed E-state index contributed by atoms with van der Waals surface area (Å²) in [6.07, 6.45) is 1.55. The highest BCUT2D eigenvalue weighted by atomic mass is 32.2. The standard InChI is InChI=1S/C12H18N2O2S/c1-12(2,10-13)14-17(15,16)9-8-11-6-4-3-5-7-11/h3-9,14H,10,13H2,1-2H3. The molecule has 94 valence electrons. The first-order valence-corrected chi connectivity index (χ1v) is 6.86. The summed E-state index contributed by atoms with van der Waals surface area (Å²) in [7, 11) is -3.46. The molecule has 0 spiro atoms. The Labute approximate surface area is 103 Å². The van der Waals surface area contributed by atoms with Crippen LogP contribution in [0.15, 0.2) is 35.7 Å². The van der Waals surface area contributed by atoms with E-state index in [-0.39, 0.29) is 6.54 Å². The van der Waals surface area contributed by atoms with E-state index in [1.807, 2.05) is 30.3 Å². The number of nitrogens with two attached hydrogens (primary N) is 1. The zero-order chi connectivity index (χ0) is 12.9. The lowest BCUT2D eigenvalue weighted by atomic mass is 10.1. The lowest BCUT2D eigenvalue weighted by Crippen LogP contribution is -2.48. The van der Waals surface area contributed by atoms with Gasteiger partial charge in [0, 0.05) is 17.5 Å². The van der Waals surface area contributed by atoms with E-state index in [1.54, 1.807) is 19.9 Å². The maximum absolute atomic E-state index is 11.7. The number of sulfonamides is 1. The molecule has 1 rings (SSSR count). The third-order valence-electron chi connectivity index (χ3n) is 2.17. The molecular formula is C12H18N2O2S. The van der Waals surface area contributed by atoms with E-state index < -0.39 is 15.6 Å². The molecule has 0 saturated carbocycles. The van der Waals surface area contributed by atoms with Crippen LogP contribution in [0.3, 0.4) is 0 Å². The van der Waals surface area contributed by atoms with E-state index in [0.29, 0.717) is 0 Å². The van der Waals surface area contributed by atoms with Crippen molar-refractivity contribution >= 4 is 16.1 Å². The second-order valence-electron chi connectivity index (χ2n) is 4.45. The van der Waals surface area contributed by atoms with Crippen molar-refractivity contribution in [1.82, 2.24) is 4.72 Å². The average Bonchev–Trinajstić information content (AvgIpc) is 2.27. The summed E-state index contributed by atoms with van der Waals surface area (Å²) in [6.45, 7) is 3.72. The summed E-state index contributed by atoms with van der Waals surface area (Å²) in [5.41, 5.74) is 5.67. The largest absolute Gasteiger partial charge is 0.329 e. The molecule has 3 N–H and O–H groups in total. The molecule has 0 bridgehead atoms. The Kier molecular flexibility index (Phi) is 4.45. The molecule has 0 aromatic heterocycles. The number of hydrogen-bond acceptors (Lipinski definition) is 3. The van der Waals surface area contributed by atoms with E-state index in [1.165, 1.54) is 0 Å². The first-order valence-electron chi connectivity index (χ1n) is 5.32. The zero-order valence-corrected chi connectivity index (χ0v) is 10.9. The third kappa shape index (κ3) is 5.12. The van der Waals surface area contributed by atoms with Crippen LogP contribution >= 0.6 is 0 Å². The molecule has 0 heterocycles. The van der Waals surface area contributed by atoms with Crippen molar-refractivity contribution < 1.29 is 8.42 Å². The van der Waals surface area contributed by atoms with Gasteiger partial charge in [0.05, 0.1) is 0 Å². The fourth-order valence-corrected chi connectivity index (χ4v) is 2.45. The van der Waals surface area contributed by atoms with Gasteiger partial charge < -0.3 is 5.73 Å². The third-order valence-corrected chi connectivity index (χ3v) is 3.50. The van der Waals surface area contributed by atoms with E-state index in [9.17, 15) is 8.42 Å². The average molecular weight is 254 g/mol. The van der Waals surface area contributed by atoms with Gasteiger partial charge >= 0.3 is 0 Å². The van der Waals surface area contributed by atoms with E-state index in [2.05, 4.69) is 4.72 Å². The Morgan fingerprint density at radius 1 is 1.29 bits per heavy atom. The summed E-state index contributed by atoms with van der Waals surface area (Å²) in [5, 5.41) is 1.15. The lowest BCUT2D eigenvalue weighted by molar-refractivity contribution is 0.466. The monoisotopic (exact) mass is 254 g/mol. The number of hydrogen-bond donors (Lipinski definition) is 2. The molecule has 1 aromatic carbocycles. The predicted molar refractivity (Wildman–Crippen MR) is 70.7 cm³/mol. The van der Waals surface area contributed by atoms with E-state index in [0.717, 1.165) is 11.0 Å². The van der Waals surface area contributed by atoms with Gasteiger partial charge in [0.15, 0.2) is 0 Å². The Morgan fingerprint density at radius 2 is 1.88 bits per heavy atom. The summed E-state index contributed by atoms with van der Waals surface area (Å²) in [5.74, 6) is 0. The van der Waals surface area contributed by atoms with Gasteiger partial charge in [-0.3, -0.25) is 0 Å². The smallest absolute Gasteiger partial charge is 0.234 e. The fraction of sp³-hybridized carbons (Fsp3) is 0.333. The van der Waals surface area contributed by atoms with Crippen LogP contribution in [0.4, 0.5) is 0 Å². The molecule has 0 atom stereocenters. The minimum Gasteiger partial charge on any atom is -0.329 e. The minimum absolute atomic E-state index is 0.241. The Balaban J connectivity index is 2.78. The molecular weight excluding hydrogens is 236 g/mol. The van der Waals surface area contributed by atoms with Crippen LogP contribution in [-0.4, -0.2) is 20.5 Å². The maximum Gasteiger partial charge on any atom is 0.234 e. The molecule has 0 saturated heterocycles. The van der Waals surface area contributed by atoms with Gasteiger partial charge in [-0.25, -0.2) is 13.1 Å². The van der Waals surface area contributed by atoms with Crippen LogP contribution in [0.5, 0.6) is 0 Å². The van der Waals surface area contributed by atoms with Gasteiger partial charge in [-0.1, -0.05) is 30.3 Å². The first-order chi connectivity index (χ1) is 7.85. The number of nitrogens with one attached hydrogen (secondary N) is 1. The number of rotatable bonds is 5. The van der Waals surface area contributed by atoms with E-state index in [4.69, 9.17) is 5.73 Å². The summed E-state index contributed by atoms with van der Waals surface area (Å²) < 4.78 is 26.0. The van der Waals surface area contributed by atoms with Gasteiger partial charge in [-0.2, -0.15) is 0 Å². The molecule has 0 aliphatic heterocycles. The number of benzene rings is 1. The Bertz CT molecular complexity index is 478. The molecule has 17 heavy (non-hydrogen) atoms. The molecule has 0 aliphatic carbocycles. The Hall–Kier alpha value is -1.17. The van der Waals surface area contributed by atoms with Crippen molar-refractivity contribution in [2.45, 2.75) is 19.4 Å². The molecule has 0 aliphatic rings. The van der Waals surface area contributed by atoms with Crippen molar-refractivity contribution in [3.05, 3.63) is 41.3 Å².